The summed E-state index contributed by atoms with van der Waals surface area (Å²) < 4.78 is 10.7. The van der Waals surface area contributed by atoms with Gasteiger partial charge in [0, 0.05) is 0 Å². The molecule has 1 aliphatic carbocycles. The van der Waals surface area contributed by atoms with E-state index in [0.717, 1.165) is 41.9 Å². The molecular formula is C13H13NO3. The highest BCUT2D eigenvalue weighted by molar-refractivity contribution is 5.92. The van der Waals surface area contributed by atoms with Crippen LogP contribution in [0.1, 0.15) is 24.8 Å². The predicted octanol–water partition coefficient (Wildman–Crippen LogP) is 2.81. The normalized spacial score (nSPS) is 18.4. The highest BCUT2D eigenvalue weighted by atomic mass is 16.7. The first kappa shape index (κ1) is 10.2. The highest BCUT2D eigenvalue weighted by Gasteiger charge is 2.19. The molecule has 17 heavy (non-hydrogen) atoms. The molecule has 4 nitrogen and oxygen atoms in total. The van der Waals surface area contributed by atoms with E-state index in [1.165, 1.54) is 11.8 Å². The van der Waals surface area contributed by atoms with Crippen molar-refractivity contribution in [3.63, 3.8) is 0 Å². The standard InChI is InChI=1S/C13H13NO3/c15-14-7-10-2-1-3-11(10)9-4-5-12-13(6-9)17-8-16-12/h4-7,15H,1-3,8H2/b14-7+. The van der Waals surface area contributed by atoms with Gasteiger partial charge in [0.25, 0.3) is 0 Å². The van der Waals surface area contributed by atoms with Crippen LogP contribution in [-0.2, 0) is 0 Å². The van der Waals surface area contributed by atoms with Gasteiger partial charge in [-0.15, -0.1) is 0 Å². The summed E-state index contributed by atoms with van der Waals surface area (Å²) in [5.74, 6) is 1.59. The molecule has 1 aromatic rings. The number of benzene rings is 1. The van der Waals surface area contributed by atoms with E-state index in [4.69, 9.17) is 14.7 Å². The van der Waals surface area contributed by atoms with Crippen LogP contribution in [0.25, 0.3) is 5.57 Å². The van der Waals surface area contributed by atoms with Crippen LogP contribution in [0.4, 0.5) is 0 Å². The Morgan fingerprint density at radius 3 is 2.94 bits per heavy atom. The van der Waals surface area contributed by atoms with E-state index in [-0.39, 0.29) is 0 Å². The average Bonchev–Trinajstić information content (AvgIpc) is 2.96. The highest BCUT2D eigenvalue weighted by Crippen LogP contribution is 2.39. The number of ether oxygens (including phenoxy) is 2. The molecular weight excluding hydrogens is 218 g/mol. The summed E-state index contributed by atoms with van der Waals surface area (Å²) in [6.07, 6.45) is 4.62. The van der Waals surface area contributed by atoms with Gasteiger partial charge in [-0.1, -0.05) is 11.2 Å². The fourth-order valence-corrected chi connectivity index (χ4v) is 2.39. The van der Waals surface area contributed by atoms with Crippen molar-refractivity contribution in [2.24, 2.45) is 5.16 Å². The first-order valence-electron chi connectivity index (χ1n) is 5.68. The van der Waals surface area contributed by atoms with Gasteiger partial charge in [-0.05, 0) is 48.1 Å². The maximum Gasteiger partial charge on any atom is 0.231 e. The summed E-state index contributed by atoms with van der Waals surface area (Å²) in [4.78, 5) is 0. The molecule has 0 saturated carbocycles. The largest absolute Gasteiger partial charge is 0.454 e. The smallest absolute Gasteiger partial charge is 0.231 e. The zero-order chi connectivity index (χ0) is 11.7. The third kappa shape index (κ3) is 1.75. The van der Waals surface area contributed by atoms with Crippen molar-refractivity contribution in [3.8, 4) is 11.5 Å². The number of hydrogen-bond acceptors (Lipinski definition) is 4. The van der Waals surface area contributed by atoms with Crippen molar-refractivity contribution in [1.29, 1.82) is 0 Å². The van der Waals surface area contributed by atoms with Gasteiger partial charge in [-0.3, -0.25) is 0 Å². The second-order valence-corrected chi connectivity index (χ2v) is 4.17. The second kappa shape index (κ2) is 4.13. The molecule has 0 radical (unpaired) electrons. The molecule has 3 rings (SSSR count). The quantitative estimate of drug-likeness (QED) is 0.483. The Bertz CT molecular complexity index is 505. The monoisotopic (exact) mass is 231 g/mol. The number of rotatable bonds is 2. The van der Waals surface area contributed by atoms with Crippen molar-refractivity contribution < 1.29 is 14.7 Å². The molecule has 0 amide bonds. The molecule has 4 heteroatoms. The van der Waals surface area contributed by atoms with E-state index in [2.05, 4.69) is 5.16 Å². The molecule has 0 saturated heterocycles. The summed E-state index contributed by atoms with van der Waals surface area (Å²) in [6.45, 7) is 0.294. The van der Waals surface area contributed by atoms with Gasteiger partial charge in [0.15, 0.2) is 11.5 Å². The Morgan fingerprint density at radius 1 is 1.18 bits per heavy atom. The molecule has 0 atom stereocenters. The van der Waals surface area contributed by atoms with Crippen molar-refractivity contribution in [3.05, 3.63) is 29.3 Å². The maximum atomic E-state index is 8.64. The molecule has 2 aliphatic rings. The molecule has 1 aromatic carbocycles. The van der Waals surface area contributed by atoms with Gasteiger partial charge < -0.3 is 14.7 Å². The minimum atomic E-state index is 0.294. The zero-order valence-electron chi connectivity index (χ0n) is 9.35. The van der Waals surface area contributed by atoms with Crippen molar-refractivity contribution in [2.75, 3.05) is 6.79 Å². The lowest BCUT2D eigenvalue weighted by molar-refractivity contribution is 0.174. The van der Waals surface area contributed by atoms with Gasteiger partial charge in [-0.2, -0.15) is 0 Å². The minimum Gasteiger partial charge on any atom is -0.454 e. The molecule has 0 unspecified atom stereocenters. The molecule has 88 valence electrons. The molecule has 1 N–H and O–H groups in total. The number of oxime groups is 1. The van der Waals surface area contributed by atoms with Crippen LogP contribution in [-0.4, -0.2) is 18.2 Å². The second-order valence-electron chi connectivity index (χ2n) is 4.17. The lowest BCUT2D eigenvalue weighted by Gasteiger charge is -2.05. The molecule has 0 spiro atoms. The van der Waals surface area contributed by atoms with E-state index >= 15 is 0 Å². The number of hydrogen-bond donors (Lipinski definition) is 1. The van der Waals surface area contributed by atoms with Crippen LogP contribution in [0.2, 0.25) is 0 Å². The maximum absolute atomic E-state index is 8.64. The van der Waals surface area contributed by atoms with Gasteiger partial charge in [0.2, 0.25) is 6.79 Å². The Labute approximate surface area is 99.2 Å². The summed E-state index contributed by atoms with van der Waals surface area (Å²) in [7, 11) is 0. The first-order chi connectivity index (χ1) is 8.38. The number of allylic oxidation sites excluding steroid dienone is 2. The number of nitrogens with zero attached hydrogens (tertiary/aromatic N) is 1. The van der Waals surface area contributed by atoms with Crippen LogP contribution in [0.5, 0.6) is 11.5 Å². The van der Waals surface area contributed by atoms with E-state index in [1.54, 1.807) is 0 Å². The first-order valence-corrected chi connectivity index (χ1v) is 5.68. The van der Waals surface area contributed by atoms with Gasteiger partial charge in [0.1, 0.15) is 0 Å². The molecule has 0 aromatic heterocycles. The Balaban J connectivity index is 2.01. The Kier molecular flexibility index (Phi) is 2.48. The van der Waals surface area contributed by atoms with Crippen LogP contribution in [0.3, 0.4) is 0 Å². The Morgan fingerprint density at radius 2 is 2.06 bits per heavy atom. The van der Waals surface area contributed by atoms with E-state index in [0.29, 0.717) is 6.79 Å². The lowest BCUT2D eigenvalue weighted by Crippen LogP contribution is -1.93. The molecule has 0 bridgehead atoms. The summed E-state index contributed by atoms with van der Waals surface area (Å²) in [5, 5.41) is 11.8. The SMILES string of the molecule is O/N=C/C1=C(c2ccc3c(c2)OCO3)CCC1. The Hall–Kier alpha value is -1.97. The fourth-order valence-electron chi connectivity index (χ4n) is 2.39. The summed E-state index contributed by atoms with van der Waals surface area (Å²) in [5.41, 5.74) is 3.47. The van der Waals surface area contributed by atoms with Gasteiger partial charge in [-0.25, -0.2) is 0 Å². The molecule has 1 aliphatic heterocycles. The third-order valence-electron chi connectivity index (χ3n) is 3.20. The van der Waals surface area contributed by atoms with E-state index < -0.39 is 0 Å². The lowest BCUT2D eigenvalue weighted by atomic mass is 10.0. The number of fused-ring (bicyclic) bond motifs is 1. The van der Waals surface area contributed by atoms with E-state index in [1.807, 2.05) is 18.2 Å². The van der Waals surface area contributed by atoms with Gasteiger partial charge >= 0.3 is 0 Å². The zero-order valence-corrected chi connectivity index (χ0v) is 9.35. The molecule has 1 heterocycles. The van der Waals surface area contributed by atoms with Crippen LogP contribution in [0.15, 0.2) is 28.9 Å². The summed E-state index contributed by atoms with van der Waals surface area (Å²) in [6, 6.07) is 5.95. The van der Waals surface area contributed by atoms with Crippen LogP contribution >= 0.6 is 0 Å². The van der Waals surface area contributed by atoms with Crippen molar-refractivity contribution in [2.45, 2.75) is 19.3 Å². The van der Waals surface area contributed by atoms with E-state index in [9.17, 15) is 0 Å². The predicted molar refractivity (Wildman–Crippen MR) is 63.6 cm³/mol. The topological polar surface area (TPSA) is 51.1 Å². The van der Waals surface area contributed by atoms with Gasteiger partial charge in [0.05, 0.1) is 6.21 Å². The average molecular weight is 231 g/mol. The van der Waals surface area contributed by atoms with Crippen LogP contribution < -0.4 is 9.47 Å². The van der Waals surface area contributed by atoms with Crippen molar-refractivity contribution in [1.82, 2.24) is 0 Å². The third-order valence-corrected chi connectivity index (χ3v) is 3.20. The fraction of sp³-hybridized carbons (Fsp3) is 0.308. The van der Waals surface area contributed by atoms with Crippen LogP contribution in [0, 0.1) is 0 Å². The summed E-state index contributed by atoms with van der Waals surface area (Å²) >= 11 is 0. The van der Waals surface area contributed by atoms with Crippen molar-refractivity contribution >= 4 is 11.8 Å². The molecule has 0 fully saturated rings. The minimum absolute atomic E-state index is 0.294.